The molecule has 5 nitrogen and oxygen atoms in total. The molecule has 1 aliphatic heterocycles. The summed E-state index contributed by atoms with van der Waals surface area (Å²) < 4.78 is 2.06. The maximum atomic E-state index is 12.4. The van der Waals surface area contributed by atoms with E-state index >= 15 is 0 Å². The van der Waals surface area contributed by atoms with E-state index in [9.17, 15) is 4.79 Å². The Bertz CT molecular complexity index is 637. The van der Waals surface area contributed by atoms with Crippen LogP contribution in [0, 0.1) is 0 Å². The highest BCUT2D eigenvalue weighted by Gasteiger charge is 2.22. The molecule has 0 saturated heterocycles. The van der Waals surface area contributed by atoms with Crippen LogP contribution in [0.2, 0.25) is 5.02 Å². The van der Waals surface area contributed by atoms with Crippen LogP contribution in [0.1, 0.15) is 16.2 Å². The first-order valence-electron chi connectivity index (χ1n) is 5.99. The van der Waals surface area contributed by atoms with E-state index in [1.807, 2.05) is 6.20 Å². The predicted octanol–water partition coefficient (Wildman–Crippen LogP) is 1.77. The first kappa shape index (κ1) is 12.0. The van der Waals surface area contributed by atoms with Crippen LogP contribution < -0.4 is 5.73 Å². The number of rotatable bonds is 1. The monoisotopic (exact) mass is 276 g/mol. The molecule has 1 aromatic carbocycles. The fraction of sp³-hybridized carbons (Fsp3) is 0.231. The Kier molecular flexibility index (Phi) is 2.91. The van der Waals surface area contributed by atoms with E-state index in [2.05, 4.69) is 9.55 Å². The number of imidazole rings is 1. The van der Waals surface area contributed by atoms with Crippen LogP contribution >= 0.6 is 11.6 Å². The molecule has 3 rings (SSSR count). The smallest absolute Gasteiger partial charge is 0.254 e. The zero-order valence-corrected chi connectivity index (χ0v) is 11.0. The molecule has 2 N–H and O–H groups in total. The maximum Gasteiger partial charge on any atom is 0.254 e. The number of hydrogen-bond acceptors (Lipinski definition) is 3. The summed E-state index contributed by atoms with van der Waals surface area (Å²) in [5.41, 5.74) is 6.68. The van der Waals surface area contributed by atoms with Crippen LogP contribution in [-0.2, 0) is 13.1 Å². The summed E-state index contributed by atoms with van der Waals surface area (Å²) in [5, 5.41) is 0.407. The molecule has 2 heterocycles. The second-order valence-corrected chi connectivity index (χ2v) is 4.91. The first-order valence-corrected chi connectivity index (χ1v) is 6.37. The van der Waals surface area contributed by atoms with Crippen molar-refractivity contribution in [1.29, 1.82) is 0 Å². The number of carbonyl (C=O) groups excluding carboxylic acids is 1. The average molecular weight is 277 g/mol. The molecule has 1 aromatic heterocycles. The van der Waals surface area contributed by atoms with Gasteiger partial charge in [-0.2, -0.15) is 0 Å². The Hall–Kier alpha value is -2.01. The van der Waals surface area contributed by atoms with Crippen molar-refractivity contribution in [3.63, 3.8) is 0 Å². The van der Waals surface area contributed by atoms with Crippen molar-refractivity contribution in [3.8, 4) is 0 Å². The molecule has 0 radical (unpaired) electrons. The SMILES string of the molecule is Nc1ccc(C(=O)N2CCn3ccnc3C2)cc1Cl. The summed E-state index contributed by atoms with van der Waals surface area (Å²) in [4.78, 5) is 18.4. The average Bonchev–Trinajstić information content (AvgIpc) is 2.88. The van der Waals surface area contributed by atoms with Gasteiger partial charge in [0, 0.05) is 31.0 Å². The van der Waals surface area contributed by atoms with Gasteiger partial charge < -0.3 is 15.2 Å². The Morgan fingerprint density at radius 1 is 1.37 bits per heavy atom. The van der Waals surface area contributed by atoms with E-state index in [1.54, 1.807) is 29.3 Å². The van der Waals surface area contributed by atoms with Gasteiger partial charge in [-0.3, -0.25) is 4.79 Å². The standard InChI is InChI=1S/C13H13ClN4O/c14-10-7-9(1-2-11(10)15)13(19)18-6-5-17-4-3-16-12(17)8-18/h1-4,7H,5-6,8,15H2. The zero-order valence-electron chi connectivity index (χ0n) is 10.2. The fourth-order valence-electron chi connectivity index (χ4n) is 2.19. The Morgan fingerprint density at radius 2 is 2.21 bits per heavy atom. The van der Waals surface area contributed by atoms with Gasteiger partial charge in [-0.25, -0.2) is 4.98 Å². The van der Waals surface area contributed by atoms with Crippen molar-refractivity contribution in [2.75, 3.05) is 12.3 Å². The molecule has 1 aliphatic rings. The van der Waals surface area contributed by atoms with Crippen LogP contribution in [0.3, 0.4) is 0 Å². The van der Waals surface area contributed by atoms with Gasteiger partial charge in [0.15, 0.2) is 0 Å². The minimum atomic E-state index is -0.0452. The second kappa shape index (κ2) is 4.59. The lowest BCUT2D eigenvalue weighted by molar-refractivity contribution is 0.0707. The Labute approximate surface area is 115 Å². The molecule has 0 fully saturated rings. The van der Waals surface area contributed by atoms with Crippen LogP contribution in [0.4, 0.5) is 5.69 Å². The van der Waals surface area contributed by atoms with Gasteiger partial charge in [0.2, 0.25) is 0 Å². The third kappa shape index (κ3) is 2.17. The van der Waals surface area contributed by atoms with Crippen molar-refractivity contribution >= 4 is 23.2 Å². The molecule has 2 aromatic rings. The lowest BCUT2D eigenvalue weighted by Gasteiger charge is -2.27. The zero-order chi connectivity index (χ0) is 13.4. The molecule has 0 saturated carbocycles. The van der Waals surface area contributed by atoms with E-state index in [-0.39, 0.29) is 5.91 Å². The predicted molar refractivity (Wildman–Crippen MR) is 72.8 cm³/mol. The van der Waals surface area contributed by atoms with Gasteiger partial charge in [0.05, 0.1) is 17.3 Å². The fourth-order valence-corrected chi connectivity index (χ4v) is 2.37. The van der Waals surface area contributed by atoms with Crippen molar-refractivity contribution < 1.29 is 4.79 Å². The van der Waals surface area contributed by atoms with Gasteiger partial charge in [-0.1, -0.05) is 11.6 Å². The number of carbonyl (C=O) groups is 1. The second-order valence-electron chi connectivity index (χ2n) is 4.50. The minimum absolute atomic E-state index is 0.0452. The Morgan fingerprint density at radius 3 is 3.00 bits per heavy atom. The third-order valence-corrected chi connectivity index (χ3v) is 3.61. The number of fused-ring (bicyclic) bond motifs is 1. The van der Waals surface area contributed by atoms with Crippen LogP contribution in [0.15, 0.2) is 30.6 Å². The molecule has 0 aliphatic carbocycles. The molecule has 0 spiro atoms. The number of benzene rings is 1. The van der Waals surface area contributed by atoms with Crippen LogP contribution in [0.5, 0.6) is 0 Å². The molecular weight excluding hydrogens is 264 g/mol. The summed E-state index contributed by atoms with van der Waals surface area (Å²) in [5.74, 6) is 0.859. The van der Waals surface area contributed by atoms with E-state index in [0.29, 0.717) is 29.4 Å². The summed E-state index contributed by atoms with van der Waals surface area (Å²) >= 11 is 5.95. The van der Waals surface area contributed by atoms with E-state index in [4.69, 9.17) is 17.3 Å². The van der Waals surface area contributed by atoms with Gasteiger partial charge in [-0.15, -0.1) is 0 Å². The van der Waals surface area contributed by atoms with Gasteiger partial charge >= 0.3 is 0 Å². The number of hydrogen-bond donors (Lipinski definition) is 1. The normalized spacial score (nSPS) is 14.3. The number of nitrogens with zero attached hydrogens (tertiary/aromatic N) is 3. The van der Waals surface area contributed by atoms with Crippen molar-refractivity contribution in [1.82, 2.24) is 14.5 Å². The highest BCUT2D eigenvalue weighted by molar-refractivity contribution is 6.33. The van der Waals surface area contributed by atoms with Crippen LogP contribution in [0.25, 0.3) is 0 Å². The van der Waals surface area contributed by atoms with Crippen LogP contribution in [-0.4, -0.2) is 26.9 Å². The van der Waals surface area contributed by atoms with E-state index in [1.165, 1.54) is 0 Å². The number of nitrogens with two attached hydrogens (primary N) is 1. The van der Waals surface area contributed by atoms with Crippen molar-refractivity contribution in [2.45, 2.75) is 13.1 Å². The number of halogens is 1. The number of anilines is 1. The topological polar surface area (TPSA) is 64.2 Å². The molecule has 19 heavy (non-hydrogen) atoms. The third-order valence-electron chi connectivity index (χ3n) is 3.28. The molecule has 98 valence electrons. The van der Waals surface area contributed by atoms with Gasteiger partial charge in [-0.05, 0) is 18.2 Å². The summed E-state index contributed by atoms with van der Waals surface area (Å²) in [7, 11) is 0. The Balaban J connectivity index is 1.83. The number of aromatic nitrogens is 2. The molecule has 0 unspecified atom stereocenters. The lowest BCUT2D eigenvalue weighted by Crippen LogP contribution is -2.38. The quantitative estimate of drug-likeness (QED) is 0.808. The largest absolute Gasteiger partial charge is 0.398 e. The minimum Gasteiger partial charge on any atom is -0.398 e. The first-order chi connectivity index (χ1) is 9.15. The molecular formula is C13H13ClN4O. The molecule has 0 atom stereocenters. The highest BCUT2D eigenvalue weighted by atomic mass is 35.5. The highest BCUT2D eigenvalue weighted by Crippen LogP contribution is 2.21. The molecule has 1 amide bonds. The molecule has 0 bridgehead atoms. The summed E-state index contributed by atoms with van der Waals surface area (Å²) in [6.45, 7) is 1.96. The molecule has 6 heteroatoms. The van der Waals surface area contributed by atoms with E-state index < -0.39 is 0 Å². The van der Waals surface area contributed by atoms with Crippen molar-refractivity contribution in [2.24, 2.45) is 0 Å². The lowest BCUT2D eigenvalue weighted by atomic mass is 10.1. The van der Waals surface area contributed by atoms with Crippen molar-refractivity contribution in [3.05, 3.63) is 47.0 Å². The van der Waals surface area contributed by atoms with E-state index in [0.717, 1.165) is 12.4 Å². The number of nitrogen functional groups attached to an aromatic ring is 1. The van der Waals surface area contributed by atoms with Gasteiger partial charge in [0.25, 0.3) is 5.91 Å². The summed E-state index contributed by atoms with van der Waals surface area (Å²) in [6.07, 6.45) is 3.68. The summed E-state index contributed by atoms with van der Waals surface area (Å²) in [6, 6.07) is 4.96. The maximum absolute atomic E-state index is 12.4. The number of amides is 1. The van der Waals surface area contributed by atoms with Gasteiger partial charge in [0.1, 0.15) is 5.82 Å².